The van der Waals surface area contributed by atoms with Crippen LogP contribution in [0.3, 0.4) is 0 Å². The number of methoxy groups -OCH3 is 1. The van der Waals surface area contributed by atoms with E-state index in [4.69, 9.17) is 21.1 Å². The predicted octanol–water partition coefficient (Wildman–Crippen LogP) is 5.56. The maximum atomic E-state index is 13.3. The summed E-state index contributed by atoms with van der Waals surface area (Å²) in [6.07, 6.45) is 8.62. The van der Waals surface area contributed by atoms with Crippen LogP contribution in [0.2, 0.25) is 5.02 Å². The van der Waals surface area contributed by atoms with Crippen molar-refractivity contribution in [2.45, 2.75) is 68.5 Å². The summed E-state index contributed by atoms with van der Waals surface area (Å²) in [7, 11) is 2.87. The Morgan fingerprint density at radius 3 is 2.76 bits per heavy atom. The average Bonchev–Trinajstić information content (AvgIpc) is 3.19. The normalized spacial score (nSPS) is 23.8. The van der Waals surface area contributed by atoms with Crippen molar-refractivity contribution in [2.75, 3.05) is 45.3 Å². The molecule has 2 aromatic carbocycles. The number of benzene rings is 2. The molecule has 0 radical (unpaired) electrons. The Balaban J connectivity index is 1.53. The van der Waals surface area contributed by atoms with Crippen LogP contribution < -0.4 is 9.64 Å². The largest absolute Gasteiger partial charge is 0.490 e. The lowest BCUT2D eigenvalue weighted by molar-refractivity contribution is -0.168. The first-order valence-corrected chi connectivity index (χ1v) is 16.7. The second-order valence-electron chi connectivity index (χ2n) is 13.3. The molecule has 2 N–H and O–H groups in total. The Morgan fingerprint density at radius 2 is 2.07 bits per heavy atom. The van der Waals surface area contributed by atoms with Gasteiger partial charge in [-0.25, -0.2) is 4.79 Å². The number of nitrogens with zero attached hydrogens (tertiary/aromatic N) is 2. The number of halogens is 1. The molecule has 0 saturated heterocycles. The molecule has 9 heteroatoms. The molecule has 0 aromatic heterocycles. The van der Waals surface area contributed by atoms with E-state index in [1.807, 2.05) is 6.07 Å². The first-order valence-electron chi connectivity index (χ1n) is 16.3. The van der Waals surface area contributed by atoms with E-state index in [2.05, 4.69) is 30.2 Å². The highest BCUT2D eigenvalue weighted by Crippen LogP contribution is 2.47. The number of hydrogen-bond donors (Lipinski definition) is 2. The Kier molecular flexibility index (Phi) is 10.5. The van der Waals surface area contributed by atoms with Gasteiger partial charge in [0, 0.05) is 37.1 Å². The minimum absolute atomic E-state index is 0.1000. The Hall–Kier alpha value is -3.33. The van der Waals surface area contributed by atoms with Gasteiger partial charge in [0.25, 0.3) is 0 Å². The lowest BCUT2D eigenvalue weighted by Crippen LogP contribution is -2.49. The van der Waals surface area contributed by atoms with Crippen molar-refractivity contribution >= 4 is 29.2 Å². The van der Waals surface area contributed by atoms with Crippen molar-refractivity contribution in [3.63, 3.8) is 0 Å². The van der Waals surface area contributed by atoms with E-state index in [0.29, 0.717) is 37.0 Å². The second kappa shape index (κ2) is 14.2. The van der Waals surface area contributed by atoms with Gasteiger partial charge in [0.15, 0.2) is 5.60 Å². The number of amides is 1. The van der Waals surface area contributed by atoms with Crippen LogP contribution in [-0.2, 0) is 31.8 Å². The fourth-order valence-corrected chi connectivity index (χ4v) is 7.71. The monoisotopic (exact) mass is 650 g/mol. The van der Waals surface area contributed by atoms with E-state index >= 15 is 0 Å². The number of aliphatic hydroxyl groups excluding tert-OH is 1. The highest BCUT2D eigenvalue weighted by molar-refractivity contribution is 6.30. The molecule has 1 amide bonds. The third kappa shape index (κ3) is 6.71. The smallest absolute Gasteiger partial charge is 0.343 e. The summed E-state index contributed by atoms with van der Waals surface area (Å²) in [4.78, 5) is 30.3. The number of fused-ring (bicyclic) bond motifs is 3. The molecule has 1 heterocycles. The van der Waals surface area contributed by atoms with Gasteiger partial charge in [0.1, 0.15) is 5.75 Å². The van der Waals surface area contributed by atoms with Crippen LogP contribution in [0.5, 0.6) is 5.75 Å². The van der Waals surface area contributed by atoms with Crippen LogP contribution in [0.1, 0.15) is 61.6 Å². The second-order valence-corrected chi connectivity index (χ2v) is 13.7. The van der Waals surface area contributed by atoms with Gasteiger partial charge in [-0.15, -0.1) is 13.2 Å². The summed E-state index contributed by atoms with van der Waals surface area (Å²) in [6, 6.07) is 11.3. The average molecular weight is 651 g/mol. The number of anilines is 1. The maximum absolute atomic E-state index is 13.3. The molecule has 248 valence electrons. The number of allylic oxidation sites excluding steroid dienone is 1. The van der Waals surface area contributed by atoms with Crippen molar-refractivity contribution in [3.8, 4) is 5.75 Å². The summed E-state index contributed by atoms with van der Waals surface area (Å²) in [5, 5.41) is 23.3. The molecule has 3 aliphatic rings. The first kappa shape index (κ1) is 34.0. The van der Waals surface area contributed by atoms with E-state index in [1.165, 1.54) is 23.1 Å². The van der Waals surface area contributed by atoms with Crippen molar-refractivity contribution in [1.82, 2.24) is 4.90 Å². The van der Waals surface area contributed by atoms with Crippen molar-refractivity contribution in [3.05, 3.63) is 83.4 Å². The number of rotatable bonds is 12. The molecule has 5 atom stereocenters. The molecule has 2 aliphatic carbocycles. The van der Waals surface area contributed by atoms with Crippen LogP contribution in [0.15, 0.2) is 61.7 Å². The lowest BCUT2D eigenvalue weighted by atomic mass is 9.68. The summed E-state index contributed by atoms with van der Waals surface area (Å²) in [5.41, 5.74) is 0.958. The molecular formula is C37H47ClN2O6. The molecule has 1 spiro atoms. The fraction of sp³-hybridized carbons (Fsp3) is 0.514. The molecule has 8 nitrogen and oxygen atoms in total. The van der Waals surface area contributed by atoms with Crippen LogP contribution in [0, 0.1) is 11.8 Å². The number of unbranched alkanes of at least 4 members (excludes halogenated alkanes) is 1. The van der Waals surface area contributed by atoms with E-state index in [1.54, 1.807) is 37.4 Å². The van der Waals surface area contributed by atoms with Gasteiger partial charge in [-0.3, -0.25) is 4.79 Å². The Labute approximate surface area is 277 Å². The number of esters is 1. The minimum atomic E-state index is -2.20. The van der Waals surface area contributed by atoms with Crippen LogP contribution in [-0.4, -0.2) is 73.5 Å². The van der Waals surface area contributed by atoms with Gasteiger partial charge in [0.2, 0.25) is 5.91 Å². The Morgan fingerprint density at radius 1 is 1.26 bits per heavy atom. The van der Waals surface area contributed by atoms with E-state index in [-0.39, 0.29) is 28.7 Å². The van der Waals surface area contributed by atoms with Gasteiger partial charge in [-0.05, 0) is 97.7 Å². The molecular weight excluding hydrogens is 604 g/mol. The standard InChI is InChI=1S/C37H47ClN2O6/c1-5-7-8-18-39(3)34(42)21-37(44,35(43)45-4)27-12-16-33-31(20-27)40(22-26-11-14-29(26)32(41)6-2)23-36(24-46-33)17-9-10-25-19-28(38)13-15-30(25)36/h5-6,12-13,15-16,19-20,26,29,32,41,44H,1-2,7-11,14,17-18,21-24H2,3-4H3/t26-,29+,32-,36-,37+/m0/s1. The SMILES string of the molecule is C=CCCCN(C)C(=O)C[C@](O)(C(=O)OC)c1ccc2c(c1)N(C[C@@H]1CC[C@H]1[C@@H](O)C=C)C[C@@]1(CCCc3cc(Cl)ccc31)CO2. The molecule has 1 saturated carbocycles. The fourth-order valence-electron chi connectivity index (χ4n) is 7.51. The summed E-state index contributed by atoms with van der Waals surface area (Å²) >= 11 is 6.41. The number of hydrogen-bond acceptors (Lipinski definition) is 7. The summed E-state index contributed by atoms with van der Waals surface area (Å²) in [5.74, 6) is -0.306. The first-order chi connectivity index (χ1) is 22.0. The van der Waals surface area contributed by atoms with E-state index in [9.17, 15) is 19.8 Å². The molecule has 1 aliphatic heterocycles. The van der Waals surface area contributed by atoms with Crippen molar-refractivity contribution in [1.29, 1.82) is 0 Å². The molecule has 1 fully saturated rings. The number of carbonyl (C=O) groups excluding carboxylic acids is 2. The third-order valence-corrected chi connectivity index (χ3v) is 10.6. The topological polar surface area (TPSA) is 99.5 Å². The van der Waals surface area contributed by atoms with Gasteiger partial charge >= 0.3 is 5.97 Å². The van der Waals surface area contributed by atoms with Gasteiger partial charge < -0.3 is 29.5 Å². The lowest BCUT2D eigenvalue weighted by Gasteiger charge is -2.45. The zero-order valence-corrected chi connectivity index (χ0v) is 27.8. The highest BCUT2D eigenvalue weighted by Gasteiger charge is 2.46. The van der Waals surface area contributed by atoms with Crippen LogP contribution >= 0.6 is 11.6 Å². The number of ether oxygens (including phenoxy) is 2. The molecule has 46 heavy (non-hydrogen) atoms. The minimum Gasteiger partial charge on any atom is -0.490 e. The zero-order chi connectivity index (χ0) is 33.1. The number of aliphatic hydroxyl groups is 2. The quantitative estimate of drug-likeness (QED) is 0.176. The predicted molar refractivity (Wildman–Crippen MR) is 180 cm³/mol. The van der Waals surface area contributed by atoms with Gasteiger partial charge in [-0.2, -0.15) is 0 Å². The number of carbonyl (C=O) groups is 2. The molecule has 0 bridgehead atoms. The number of aryl methyl sites for hydroxylation is 1. The molecule has 5 rings (SSSR count). The van der Waals surface area contributed by atoms with Crippen molar-refractivity contribution < 1.29 is 29.3 Å². The van der Waals surface area contributed by atoms with E-state index < -0.39 is 24.1 Å². The van der Waals surface area contributed by atoms with Gasteiger partial charge in [0.05, 0.1) is 31.9 Å². The maximum Gasteiger partial charge on any atom is 0.343 e. The molecule has 2 aromatic rings. The summed E-state index contributed by atoms with van der Waals surface area (Å²) in [6.45, 7) is 9.78. The third-order valence-electron chi connectivity index (χ3n) is 10.4. The molecule has 0 unspecified atom stereocenters. The van der Waals surface area contributed by atoms with Crippen molar-refractivity contribution in [2.24, 2.45) is 11.8 Å². The van der Waals surface area contributed by atoms with Crippen LogP contribution in [0.4, 0.5) is 5.69 Å². The van der Waals surface area contributed by atoms with E-state index in [0.717, 1.165) is 50.6 Å². The van der Waals surface area contributed by atoms with Gasteiger partial charge in [-0.1, -0.05) is 35.9 Å². The Bertz CT molecular complexity index is 1460. The summed E-state index contributed by atoms with van der Waals surface area (Å²) < 4.78 is 11.7. The van der Waals surface area contributed by atoms with Crippen LogP contribution in [0.25, 0.3) is 0 Å². The highest BCUT2D eigenvalue weighted by atomic mass is 35.5. The zero-order valence-electron chi connectivity index (χ0n) is 27.1.